The first-order valence-electron chi connectivity index (χ1n) is 8.63. The second-order valence-electron chi connectivity index (χ2n) is 6.25. The van der Waals surface area contributed by atoms with Crippen LogP contribution in [-0.2, 0) is 6.54 Å². The molecule has 6 heteroatoms. The van der Waals surface area contributed by atoms with Gasteiger partial charge in [0.2, 0.25) is 0 Å². The van der Waals surface area contributed by atoms with Crippen LogP contribution in [0.3, 0.4) is 0 Å². The minimum atomic E-state index is -0.322. The number of rotatable bonds is 5. The van der Waals surface area contributed by atoms with Crippen LogP contribution in [0.1, 0.15) is 31.8 Å². The van der Waals surface area contributed by atoms with Crippen LogP contribution in [-0.4, -0.2) is 11.8 Å². The summed E-state index contributed by atoms with van der Waals surface area (Å²) in [5, 5.41) is 6.15. The highest BCUT2D eigenvalue weighted by molar-refractivity contribution is 6.31. The van der Waals surface area contributed by atoms with E-state index in [0.29, 0.717) is 21.8 Å². The van der Waals surface area contributed by atoms with Gasteiger partial charge in [-0.15, -0.1) is 0 Å². The molecular weight excluding hydrogens is 379 g/mol. The molecule has 3 rings (SSSR count). The van der Waals surface area contributed by atoms with Gasteiger partial charge in [0.15, 0.2) is 0 Å². The Morgan fingerprint density at radius 1 is 0.893 bits per heavy atom. The fraction of sp³-hybridized carbons (Fsp3) is 0.0909. The summed E-state index contributed by atoms with van der Waals surface area (Å²) in [5.41, 5.74) is 3.07. The number of carbonyl (C=O) groups is 2. The predicted molar refractivity (Wildman–Crippen MR) is 108 cm³/mol. The molecule has 0 spiro atoms. The maximum atomic E-state index is 12.9. The van der Waals surface area contributed by atoms with E-state index < -0.39 is 0 Å². The topological polar surface area (TPSA) is 58.2 Å². The van der Waals surface area contributed by atoms with Crippen molar-refractivity contribution in [2.45, 2.75) is 13.5 Å². The number of anilines is 1. The SMILES string of the molecule is Cc1c(Cl)cccc1NC(=O)c1ccc(C(=O)NCc2ccc(F)cc2)cc1. The van der Waals surface area contributed by atoms with Crippen molar-refractivity contribution in [3.63, 3.8) is 0 Å². The van der Waals surface area contributed by atoms with E-state index in [1.165, 1.54) is 12.1 Å². The normalized spacial score (nSPS) is 10.4. The molecule has 2 amide bonds. The summed E-state index contributed by atoms with van der Waals surface area (Å²) in [5.74, 6) is -0.887. The first-order valence-corrected chi connectivity index (χ1v) is 9.01. The van der Waals surface area contributed by atoms with E-state index in [2.05, 4.69) is 10.6 Å². The highest BCUT2D eigenvalue weighted by atomic mass is 35.5. The van der Waals surface area contributed by atoms with Crippen LogP contribution in [0.5, 0.6) is 0 Å². The molecule has 3 aromatic rings. The van der Waals surface area contributed by atoms with E-state index in [1.807, 2.05) is 6.92 Å². The standard InChI is InChI=1S/C22H18ClFN2O2/c1-14-19(23)3-2-4-20(14)26-22(28)17-9-7-16(8-10-17)21(27)25-13-15-5-11-18(24)12-6-15/h2-12H,13H2,1H3,(H,25,27)(H,26,28). The summed E-state index contributed by atoms with van der Waals surface area (Å²) in [6.07, 6.45) is 0. The third kappa shape index (κ3) is 4.75. The number of hydrogen-bond donors (Lipinski definition) is 2. The molecule has 0 bridgehead atoms. The lowest BCUT2D eigenvalue weighted by molar-refractivity contribution is 0.0949. The zero-order valence-electron chi connectivity index (χ0n) is 15.1. The van der Waals surface area contributed by atoms with Crippen molar-refractivity contribution in [3.05, 3.63) is 99.8 Å². The van der Waals surface area contributed by atoms with Crippen LogP contribution in [0.15, 0.2) is 66.7 Å². The van der Waals surface area contributed by atoms with E-state index in [1.54, 1.807) is 54.6 Å². The Bertz CT molecular complexity index is 1000. The number of hydrogen-bond acceptors (Lipinski definition) is 2. The highest BCUT2D eigenvalue weighted by Crippen LogP contribution is 2.23. The van der Waals surface area contributed by atoms with Gasteiger partial charge in [-0.05, 0) is 66.6 Å². The van der Waals surface area contributed by atoms with Gasteiger partial charge >= 0.3 is 0 Å². The van der Waals surface area contributed by atoms with Crippen molar-refractivity contribution in [3.8, 4) is 0 Å². The fourth-order valence-electron chi connectivity index (χ4n) is 2.60. The Labute approximate surface area is 167 Å². The highest BCUT2D eigenvalue weighted by Gasteiger charge is 2.11. The Balaban J connectivity index is 1.62. The number of nitrogens with one attached hydrogen (secondary N) is 2. The number of benzene rings is 3. The molecule has 0 aliphatic heterocycles. The van der Waals surface area contributed by atoms with Crippen molar-refractivity contribution >= 4 is 29.1 Å². The van der Waals surface area contributed by atoms with Crippen molar-refractivity contribution in [1.29, 1.82) is 0 Å². The van der Waals surface area contributed by atoms with Gasteiger partial charge in [0.1, 0.15) is 5.82 Å². The van der Waals surface area contributed by atoms with Gasteiger partial charge < -0.3 is 10.6 Å². The summed E-state index contributed by atoms with van der Waals surface area (Å²) < 4.78 is 12.9. The molecule has 0 aliphatic rings. The molecule has 2 N–H and O–H groups in total. The van der Waals surface area contributed by atoms with E-state index in [0.717, 1.165) is 11.1 Å². The van der Waals surface area contributed by atoms with Gasteiger partial charge in [-0.1, -0.05) is 29.8 Å². The average molecular weight is 397 g/mol. The molecule has 0 atom stereocenters. The third-order valence-corrected chi connectivity index (χ3v) is 4.70. The second kappa shape index (κ2) is 8.67. The number of halogens is 2. The third-order valence-electron chi connectivity index (χ3n) is 4.29. The smallest absolute Gasteiger partial charge is 0.255 e. The van der Waals surface area contributed by atoms with E-state index in [9.17, 15) is 14.0 Å². The molecule has 142 valence electrons. The Hall–Kier alpha value is -3.18. The zero-order chi connectivity index (χ0) is 20.1. The Morgan fingerprint density at radius 2 is 1.50 bits per heavy atom. The molecule has 0 aromatic heterocycles. The first kappa shape index (κ1) is 19.6. The van der Waals surface area contributed by atoms with Crippen LogP contribution in [0.25, 0.3) is 0 Å². The minimum absolute atomic E-state index is 0.276. The fourth-order valence-corrected chi connectivity index (χ4v) is 2.77. The molecule has 0 unspecified atom stereocenters. The van der Waals surface area contributed by atoms with Crippen LogP contribution < -0.4 is 10.6 Å². The number of amides is 2. The summed E-state index contributed by atoms with van der Waals surface area (Å²) in [7, 11) is 0. The molecule has 0 saturated heterocycles. The Kier molecular flexibility index (Phi) is 6.06. The summed E-state index contributed by atoms with van der Waals surface area (Å²) in [6.45, 7) is 2.11. The minimum Gasteiger partial charge on any atom is -0.348 e. The van der Waals surface area contributed by atoms with Gasteiger partial charge in [-0.25, -0.2) is 4.39 Å². The van der Waals surface area contributed by atoms with Crippen molar-refractivity contribution in [2.75, 3.05) is 5.32 Å². The van der Waals surface area contributed by atoms with Gasteiger partial charge in [0.25, 0.3) is 11.8 Å². The zero-order valence-corrected chi connectivity index (χ0v) is 15.9. The molecule has 0 radical (unpaired) electrons. The second-order valence-corrected chi connectivity index (χ2v) is 6.66. The molecule has 0 heterocycles. The van der Waals surface area contributed by atoms with Crippen molar-refractivity contribution in [1.82, 2.24) is 5.32 Å². The maximum absolute atomic E-state index is 12.9. The van der Waals surface area contributed by atoms with Gasteiger partial charge in [-0.2, -0.15) is 0 Å². The quantitative estimate of drug-likeness (QED) is 0.639. The van der Waals surface area contributed by atoms with E-state index in [-0.39, 0.29) is 24.2 Å². The average Bonchev–Trinajstić information content (AvgIpc) is 2.71. The molecule has 3 aromatic carbocycles. The lowest BCUT2D eigenvalue weighted by atomic mass is 10.1. The monoisotopic (exact) mass is 396 g/mol. The van der Waals surface area contributed by atoms with Gasteiger partial charge in [0.05, 0.1) is 0 Å². The van der Waals surface area contributed by atoms with Crippen molar-refractivity contribution in [2.24, 2.45) is 0 Å². The van der Waals surface area contributed by atoms with Gasteiger partial charge in [0, 0.05) is 28.4 Å². The lowest BCUT2D eigenvalue weighted by Gasteiger charge is -2.10. The molecular formula is C22H18ClFN2O2. The molecule has 4 nitrogen and oxygen atoms in total. The van der Waals surface area contributed by atoms with Crippen LogP contribution in [0.2, 0.25) is 5.02 Å². The first-order chi connectivity index (χ1) is 13.4. The summed E-state index contributed by atoms with van der Waals surface area (Å²) in [6, 6.07) is 17.5. The molecule has 0 saturated carbocycles. The van der Waals surface area contributed by atoms with Gasteiger partial charge in [-0.3, -0.25) is 9.59 Å². The lowest BCUT2D eigenvalue weighted by Crippen LogP contribution is -2.23. The predicted octanol–water partition coefficient (Wildman–Crippen LogP) is 4.97. The molecule has 0 fully saturated rings. The van der Waals surface area contributed by atoms with E-state index in [4.69, 9.17) is 11.6 Å². The number of carbonyl (C=O) groups excluding carboxylic acids is 2. The molecule has 28 heavy (non-hydrogen) atoms. The van der Waals surface area contributed by atoms with Crippen LogP contribution in [0.4, 0.5) is 10.1 Å². The van der Waals surface area contributed by atoms with Crippen molar-refractivity contribution < 1.29 is 14.0 Å². The Morgan fingerprint density at radius 3 is 2.14 bits per heavy atom. The summed E-state index contributed by atoms with van der Waals surface area (Å²) >= 11 is 6.07. The van der Waals surface area contributed by atoms with E-state index >= 15 is 0 Å². The summed E-state index contributed by atoms with van der Waals surface area (Å²) in [4.78, 5) is 24.7. The largest absolute Gasteiger partial charge is 0.348 e. The molecule has 0 aliphatic carbocycles. The maximum Gasteiger partial charge on any atom is 0.255 e. The van der Waals surface area contributed by atoms with Crippen LogP contribution in [0, 0.1) is 12.7 Å². The van der Waals surface area contributed by atoms with Crippen LogP contribution >= 0.6 is 11.6 Å².